The zero-order valence-corrected chi connectivity index (χ0v) is 12.8. The van der Waals surface area contributed by atoms with Gasteiger partial charge in [0.25, 0.3) is 5.91 Å². The highest BCUT2D eigenvalue weighted by Crippen LogP contribution is 2.17. The van der Waals surface area contributed by atoms with E-state index in [0.717, 1.165) is 17.5 Å². The van der Waals surface area contributed by atoms with Crippen molar-refractivity contribution in [3.8, 4) is 5.75 Å². The van der Waals surface area contributed by atoms with Crippen LogP contribution in [0, 0.1) is 6.92 Å². The molecule has 0 bridgehead atoms. The maximum atomic E-state index is 12.3. The van der Waals surface area contributed by atoms with Crippen LogP contribution in [0.15, 0.2) is 48.5 Å². The van der Waals surface area contributed by atoms with Crippen LogP contribution in [0.5, 0.6) is 5.75 Å². The average molecular weight is 297 g/mol. The first kappa shape index (κ1) is 15.8. The fourth-order valence-corrected chi connectivity index (χ4v) is 2.16. The zero-order chi connectivity index (χ0) is 15.9. The standard InChI is InChI=1S/C18H19NO3/c1-3-19(16-6-4-5-14(2)11-16)18(21)13-22-17-9-7-15(12-20)8-10-17/h4-12H,3,13H2,1-2H3. The van der Waals surface area contributed by atoms with Gasteiger partial charge in [-0.1, -0.05) is 12.1 Å². The summed E-state index contributed by atoms with van der Waals surface area (Å²) in [7, 11) is 0. The van der Waals surface area contributed by atoms with Crippen LogP contribution in [0.4, 0.5) is 5.69 Å². The third-order valence-electron chi connectivity index (χ3n) is 3.31. The van der Waals surface area contributed by atoms with Crippen LogP contribution in [0.3, 0.4) is 0 Å². The Morgan fingerprint density at radius 2 is 1.91 bits per heavy atom. The summed E-state index contributed by atoms with van der Waals surface area (Å²) in [4.78, 5) is 24.6. The van der Waals surface area contributed by atoms with Crippen molar-refractivity contribution in [2.24, 2.45) is 0 Å². The predicted octanol–water partition coefficient (Wildman–Crippen LogP) is 3.24. The molecule has 2 aromatic carbocycles. The summed E-state index contributed by atoms with van der Waals surface area (Å²) in [6, 6.07) is 14.5. The molecule has 22 heavy (non-hydrogen) atoms. The van der Waals surface area contributed by atoms with Crippen molar-refractivity contribution in [3.05, 3.63) is 59.7 Å². The summed E-state index contributed by atoms with van der Waals surface area (Å²) in [5.41, 5.74) is 2.55. The summed E-state index contributed by atoms with van der Waals surface area (Å²) in [6.07, 6.45) is 0.769. The Hall–Kier alpha value is -2.62. The van der Waals surface area contributed by atoms with E-state index in [2.05, 4.69) is 0 Å². The number of aldehydes is 1. The molecule has 4 heteroatoms. The van der Waals surface area contributed by atoms with Gasteiger partial charge < -0.3 is 9.64 Å². The second-order valence-corrected chi connectivity index (χ2v) is 4.95. The number of anilines is 1. The number of aryl methyl sites for hydroxylation is 1. The molecular formula is C18H19NO3. The summed E-state index contributed by atoms with van der Waals surface area (Å²) >= 11 is 0. The Labute approximate surface area is 130 Å². The fourth-order valence-electron chi connectivity index (χ4n) is 2.16. The SMILES string of the molecule is CCN(C(=O)COc1ccc(C=O)cc1)c1cccc(C)c1. The molecule has 0 fully saturated rings. The molecule has 2 rings (SSSR count). The quantitative estimate of drug-likeness (QED) is 0.769. The van der Waals surface area contributed by atoms with Gasteiger partial charge in [0.2, 0.25) is 0 Å². The summed E-state index contributed by atoms with van der Waals surface area (Å²) in [5, 5.41) is 0. The number of amides is 1. The maximum Gasteiger partial charge on any atom is 0.264 e. The molecule has 0 unspecified atom stereocenters. The summed E-state index contributed by atoms with van der Waals surface area (Å²) in [6.45, 7) is 4.46. The van der Waals surface area contributed by atoms with Gasteiger partial charge in [0.05, 0.1) is 0 Å². The molecule has 0 atom stereocenters. The van der Waals surface area contributed by atoms with E-state index < -0.39 is 0 Å². The van der Waals surface area contributed by atoms with Gasteiger partial charge in [0.1, 0.15) is 12.0 Å². The lowest BCUT2D eigenvalue weighted by atomic mass is 10.2. The summed E-state index contributed by atoms with van der Waals surface area (Å²) in [5.74, 6) is 0.465. The topological polar surface area (TPSA) is 46.6 Å². The lowest BCUT2D eigenvalue weighted by Gasteiger charge is -2.21. The van der Waals surface area contributed by atoms with Crippen molar-refractivity contribution in [2.75, 3.05) is 18.1 Å². The molecule has 0 N–H and O–H groups in total. The van der Waals surface area contributed by atoms with E-state index in [9.17, 15) is 9.59 Å². The molecule has 0 aliphatic rings. The number of carbonyl (C=O) groups is 2. The van der Waals surface area contributed by atoms with Gasteiger partial charge in [0.15, 0.2) is 6.61 Å². The smallest absolute Gasteiger partial charge is 0.264 e. The van der Waals surface area contributed by atoms with Crippen molar-refractivity contribution in [2.45, 2.75) is 13.8 Å². The van der Waals surface area contributed by atoms with E-state index >= 15 is 0 Å². The Morgan fingerprint density at radius 3 is 2.50 bits per heavy atom. The highest BCUT2D eigenvalue weighted by Gasteiger charge is 2.14. The highest BCUT2D eigenvalue weighted by atomic mass is 16.5. The minimum atomic E-state index is -0.104. The van der Waals surface area contributed by atoms with Crippen LogP contribution in [-0.2, 0) is 4.79 Å². The van der Waals surface area contributed by atoms with Gasteiger partial charge in [-0.3, -0.25) is 9.59 Å². The normalized spacial score (nSPS) is 10.1. The molecule has 0 heterocycles. The van der Waals surface area contributed by atoms with Crippen molar-refractivity contribution in [1.82, 2.24) is 0 Å². The van der Waals surface area contributed by atoms with Crippen molar-refractivity contribution in [3.63, 3.8) is 0 Å². The Balaban J connectivity index is 2.01. The second-order valence-electron chi connectivity index (χ2n) is 4.95. The molecule has 0 saturated carbocycles. The molecule has 4 nitrogen and oxygen atoms in total. The van der Waals surface area contributed by atoms with E-state index in [-0.39, 0.29) is 12.5 Å². The van der Waals surface area contributed by atoms with Crippen LogP contribution < -0.4 is 9.64 Å². The van der Waals surface area contributed by atoms with Crippen LogP contribution in [0.2, 0.25) is 0 Å². The first-order valence-electron chi connectivity index (χ1n) is 7.19. The van der Waals surface area contributed by atoms with Gasteiger partial charge in [-0.2, -0.15) is 0 Å². The van der Waals surface area contributed by atoms with Crippen molar-refractivity contribution < 1.29 is 14.3 Å². The predicted molar refractivity (Wildman–Crippen MR) is 86.5 cm³/mol. The Bertz CT molecular complexity index is 650. The van der Waals surface area contributed by atoms with Crippen LogP contribution in [0.25, 0.3) is 0 Å². The Morgan fingerprint density at radius 1 is 1.18 bits per heavy atom. The van der Waals surface area contributed by atoms with Crippen LogP contribution in [-0.4, -0.2) is 25.3 Å². The number of hydrogen-bond acceptors (Lipinski definition) is 3. The van der Waals surface area contributed by atoms with Crippen molar-refractivity contribution in [1.29, 1.82) is 0 Å². The maximum absolute atomic E-state index is 12.3. The molecule has 0 aliphatic heterocycles. The number of likely N-dealkylation sites (N-methyl/N-ethyl adjacent to an activating group) is 1. The van der Waals surface area contributed by atoms with Crippen LogP contribution >= 0.6 is 0 Å². The number of rotatable bonds is 6. The van der Waals surface area contributed by atoms with Crippen LogP contribution in [0.1, 0.15) is 22.8 Å². The number of benzene rings is 2. The molecule has 0 aromatic heterocycles. The number of nitrogens with zero attached hydrogens (tertiary/aromatic N) is 1. The third-order valence-corrected chi connectivity index (χ3v) is 3.31. The van der Waals surface area contributed by atoms with Gasteiger partial charge in [-0.25, -0.2) is 0 Å². The Kier molecular flexibility index (Phi) is 5.31. The number of carbonyl (C=O) groups excluding carboxylic acids is 2. The summed E-state index contributed by atoms with van der Waals surface area (Å²) < 4.78 is 5.49. The third kappa shape index (κ3) is 3.95. The lowest BCUT2D eigenvalue weighted by molar-refractivity contribution is -0.120. The first-order valence-corrected chi connectivity index (χ1v) is 7.19. The minimum Gasteiger partial charge on any atom is -0.484 e. The zero-order valence-electron chi connectivity index (χ0n) is 12.8. The molecule has 114 valence electrons. The minimum absolute atomic E-state index is 0.0395. The molecule has 2 aromatic rings. The number of ether oxygens (including phenoxy) is 1. The van der Waals surface area contributed by atoms with E-state index in [1.807, 2.05) is 38.1 Å². The molecule has 0 aliphatic carbocycles. The van der Waals surface area contributed by atoms with Crippen molar-refractivity contribution >= 4 is 17.9 Å². The van der Waals surface area contributed by atoms with E-state index in [0.29, 0.717) is 17.9 Å². The van der Waals surface area contributed by atoms with Gasteiger partial charge in [0, 0.05) is 17.8 Å². The van der Waals surface area contributed by atoms with Gasteiger partial charge in [-0.05, 0) is 55.8 Å². The average Bonchev–Trinajstić information content (AvgIpc) is 2.54. The largest absolute Gasteiger partial charge is 0.484 e. The lowest BCUT2D eigenvalue weighted by Crippen LogP contribution is -2.34. The van der Waals surface area contributed by atoms with E-state index in [4.69, 9.17) is 4.74 Å². The molecule has 1 amide bonds. The van der Waals surface area contributed by atoms with Gasteiger partial charge >= 0.3 is 0 Å². The fraction of sp³-hybridized carbons (Fsp3) is 0.222. The molecular weight excluding hydrogens is 278 g/mol. The molecule has 0 spiro atoms. The molecule has 0 radical (unpaired) electrons. The van der Waals surface area contributed by atoms with E-state index in [1.165, 1.54) is 0 Å². The highest BCUT2D eigenvalue weighted by molar-refractivity contribution is 5.94. The monoisotopic (exact) mass is 297 g/mol. The molecule has 0 saturated heterocycles. The second kappa shape index (κ2) is 7.41. The first-order chi connectivity index (χ1) is 10.6. The number of hydrogen-bond donors (Lipinski definition) is 0. The van der Waals surface area contributed by atoms with E-state index in [1.54, 1.807) is 29.2 Å². The van der Waals surface area contributed by atoms with Gasteiger partial charge in [-0.15, -0.1) is 0 Å².